The number of rotatable bonds is 5. The summed E-state index contributed by atoms with van der Waals surface area (Å²) in [5.41, 5.74) is 0.654. The van der Waals surface area contributed by atoms with E-state index in [9.17, 15) is 14.9 Å². The van der Waals surface area contributed by atoms with E-state index >= 15 is 0 Å². The van der Waals surface area contributed by atoms with Crippen molar-refractivity contribution in [3.8, 4) is 0 Å². The van der Waals surface area contributed by atoms with Crippen molar-refractivity contribution in [3.63, 3.8) is 0 Å². The van der Waals surface area contributed by atoms with Crippen LogP contribution in [0.15, 0.2) is 29.2 Å². The molecule has 2 fully saturated rings. The third-order valence-electron chi connectivity index (χ3n) is 4.49. The van der Waals surface area contributed by atoms with Crippen LogP contribution in [-0.2, 0) is 4.79 Å². The largest absolute Gasteiger partial charge is 0.293 e. The minimum absolute atomic E-state index is 0.0143. The van der Waals surface area contributed by atoms with Crippen molar-refractivity contribution >= 4 is 46.0 Å². The van der Waals surface area contributed by atoms with Gasteiger partial charge < -0.3 is 0 Å². The molecule has 0 bridgehead atoms. The Labute approximate surface area is 150 Å². The summed E-state index contributed by atoms with van der Waals surface area (Å²) in [6, 6.07) is 6.26. The predicted octanol–water partition coefficient (Wildman–Crippen LogP) is 4.38. The van der Waals surface area contributed by atoms with E-state index in [0.717, 1.165) is 6.42 Å². The van der Waals surface area contributed by atoms with E-state index in [-0.39, 0.29) is 11.6 Å². The van der Waals surface area contributed by atoms with Gasteiger partial charge in [0, 0.05) is 18.7 Å². The molecule has 3 rings (SSSR count). The van der Waals surface area contributed by atoms with Gasteiger partial charge in [0.1, 0.15) is 4.32 Å². The molecule has 5 nitrogen and oxygen atoms in total. The standard InChI is InChI=1S/C17H18N2O3S2/c20-16-15(11-13-6-3-7-14(10-13)19(21)22)24-17(23)18(16)9-8-12-4-1-2-5-12/h3,6-7,10-12H,1-2,4-5,8-9H2/b15-11+. The van der Waals surface area contributed by atoms with Crippen molar-refractivity contribution in [3.05, 3.63) is 44.8 Å². The number of thioether (sulfide) groups is 1. The number of hydrogen-bond acceptors (Lipinski definition) is 5. The molecule has 0 N–H and O–H groups in total. The second-order valence-electron chi connectivity index (χ2n) is 6.12. The van der Waals surface area contributed by atoms with Gasteiger partial charge in [-0.2, -0.15) is 0 Å². The van der Waals surface area contributed by atoms with Crippen LogP contribution in [0.4, 0.5) is 5.69 Å². The summed E-state index contributed by atoms with van der Waals surface area (Å²) in [6.07, 6.45) is 7.75. The maximum Gasteiger partial charge on any atom is 0.270 e. The summed E-state index contributed by atoms with van der Waals surface area (Å²) in [5.74, 6) is 0.616. The molecule has 1 aromatic rings. The van der Waals surface area contributed by atoms with Crippen molar-refractivity contribution in [1.82, 2.24) is 4.90 Å². The minimum atomic E-state index is -0.440. The number of nitro benzene ring substituents is 1. The number of hydrogen-bond donors (Lipinski definition) is 0. The van der Waals surface area contributed by atoms with Crippen LogP contribution in [0.3, 0.4) is 0 Å². The van der Waals surface area contributed by atoms with Crippen LogP contribution >= 0.6 is 24.0 Å². The molecule has 126 valence electrons. The molecule has 0 spiro atoms. The Morgan fingerprint density at radius 1 is 1.38 bits per heavy atom. The molecule has 1 aliphatic carbocycles. The molecule has 24 heavy (non-hydrogen) atoms. The molecule has 0 radical (unpaired) electrons. The third-order valence-corrected chi connectivity index (χ3v) is 5.87. The number of thiocarbonyl (C=S) groups is 1. The monoisotopic (exact) mass is 362 g/mol. The molecule has 0 aromatic heterocycles. The van der Waals surface area contributed by atoms with Gasteiger partial charge >= 0.3 is 0 Å². The fourth-order valence-corrected chi connectivity index (χ4v) is 4.49. The molecule has 1 aromatic carbocycles. The second kappa shape index (κ2) is 7.44. The lowest BCUT2D eigenvalue weighted by molar-refractivity contribution is -0.384. The zero-order valence-electron chi connectivity index (χ0n) is 13.1. The first-order chi connectivity index (χ1) is 11.5. The topological polar surface area (TPSA) is 63.4 Å². The van der Waals surface area contributed by atoms with Gasteiger partial charge in [0.05, 0.1) is 9.83 Å². The summed E-state index contributed by atoms with van der Waals surface area (Å²) in [5, 5.41) is 10.9. The normalized spacial score (nSPS) is 20.3. The SMILES string of the molecule is O=C1/C(=C\c2cccc([N+](=O)[O-])c2)SC(=S)N1CCC1CCCC1. The Kier molecular flexibility index (Phi) is 5.30. The average molecular weight is 362 g/mol. The molecule has 1 saturated heterocycles. The quantitative estimate of drug-likeness (QED) is 0.337. The highest BCUT2D eigenvalue weighted by atomic mass is 32.2. The van der Waals surface area contributed by atoms with Crippen LogP contribution in [0, 0.1) is 16.0 Å². The minimum Gasteiger partial charge on any atom is -0.293 e. The fraction of sp³-hybridized carbons (Fsp3) is 0.412. The zero-order chi connectivity index (χ0) is 17.1. The van der Waals surface area contributed by atoms with Crippen molar-refractivity contribution in [1.29, 1.82) is 0 Å². The predicted molar refractivity (Wildman–Crippen MR) is 99.6 cm³/mol. The number of carbonyl (C=O) groups is 1. The van der Waals surface area contributed by atoms with Gasteiger partial charge in [0.15, 0.2) is 0 Å². The van der Waals surface area contributed by atoms with E-state index in [1.807, 2.05) is 0 Å². The van der Waals surface area contributed by atoms with Crippen LogP contribution in [0.2, 0.25) is 0 Å². The van der Waals surface area contributed by atoms with Crippen molar-refractivity contribution in [2.45, 2.75) is 32.1 Å². The zero-order valence-corrected chi connectivity index (χ0v) is 14.8. The van der Waals surface area contributed by atoms with Gasteiger partial charge in [-0.05, 0) is 24.0 Å². The van der Waals surface area contributed by atoms with Crippen molar-refractivity contribution in [2.75, 3.05) is 6.54 Å². The Hall–Kier alpha value is -1.73. The lowest BCUT2D eigenvalue weighted by atomic mass is 10.0. The lowest BCUT2D eigenvalue weighted by Crippen LogP contribution is -2.30. The highest BCUT2D eigenvalue weighted by Gasteiger charge is 2.32. The van der Waals surface area contributed by atoms with Gasteiger partial charge in [-0.25, -0.2) is 0 Å². The number of carbonyl (C=O) groups excluding carboxylic acids is 1. The molecule has 0 atom stereocenters. The first-order valence-electron chi connectivity index (χ1n) is 8.04. The highest BCUT2D eigenvalue weighted by molar-refractivity contribution is 8.26. The van der Waals surface area contributed by atoms with E-state index in [2.05, 4.69) is 0 Å². The molecule has 1 amide bonds. The number of amides is 1. The number of nitrogens with zero attached hydrogens (tertiary/aromatic N) is 2. The maximum atomic E-state index is 12.6. The average Bonchev–Trinajstić information content (AvgIpc) is 3.15. The summed E-state index contributed by atoms with van der Waals surface area (Å²) in [6.45, 7) is 0.668. The first kappa shape index (κ1) is 17.1. The second-order valence-corrected chi connectivity index (χ2v) is 7.80. The van der Waals surface area contributed by atoms with Crippen molar-refractivity contribution < 1.29 is 9.72 Å². The number of non-ortho nitro benzene ring substituents is 1. The van der Waals surface area contributed by atoms with Crippen LogP contribution < -0.4 is 0 Å². The molecule has 0 unspecified atom stereocenters. The third kappa shape index (κ3) is 3.84. The van der Waals surface area contributed by atoms with E-state index in [1.54, 1.807) is 23.1 Å². The Morgan fingerprint density at radius 2 is 2.12 bits per heavy atom. The van der Waals surface area contributed by atoms with Crippen LogP contribution in [0.25, 0.3) is 6.08 Å². The Bertz CT molecular complexity index is 712. The van der Waals surface area contributed by atoms with Crippen molar-refractivity contribution in [2.24, 2.45) is 5.92 Å². The van der Waals surface area contributed by atoms with E-state index in [4.69, 9.17) is 12.2 Å². The van der Waals surface area contributed by atoms with Gasteiger partial charge in [-0.1, -0.05) is 61.8 Å². The van der Waals surface area contributed by atoms with Crippen LogP contribution in [0.5, 0.6) is 0 Å². The molecular formula is C17H18N2O3S2. The van der Waals surface area contributed by atoms with E-state index < -0.39 is 4.92 Å². The molecule has 1 aliphatic heterocycles. The molecule has 7 heteroatoms. The number of benzene rings is 1. The van der Waals surface area contributed by atoms with Gasteiger partial charge in [0.25, 0.3) is 11.6 Å². The van der Waals surface area contributed by atoms with E-state index in [1.165, 1.54) is 49.6 Å². The van der Waals surface area contributed by atoms with Crippen LogP contribution in [0.1, 0.15) is 37.7 Å². The van der Waals surface area contributed by atoms with E-state index in [0.29, 0.717) is 27.3 Å². The molecule has 1 saturated carbocycles. The summed E-state index contributed by atoms with van der Waals surface area (Å²) in [7, 11) is 0. The lowest BCUT2D eigenvalue weighted by Gasteiger charge is -2.17. The maximum absolute atomic E-state index is 12.6. The highest BCUT2D eigenvalue weighted by Crippen LogP contribution is 2.34. The smallest absolute Gasteiger partial charge is 0.270 e. The summed E-state index contributed by atoms with van der Waals surface area (Å²) >= 11 is 6.61. The molecular weight excluding hydrogens is 344 g/mol. The Morgan fingerprint density at radius 3 is 2.83 bits per heavy atom. The summed E-state index contributed by atoms with van der Waals surface area (Å²) in [4.78, 5) is 25.2. The summed E-state index contributed by atoms with van der Waals surface area (Å²) < 4.78 is 0.578. The van der Waals surface area contributed by atoms with Crippen LogP contribution in [-0.4, -0.2) is 26.6 Å². The number of nitro groups is 1. The Balaban J connectivity index is 1.70. The van der Waals surface area contributed by atoms with Gasteiger partial charge in [-0.3, -0.25) is 19.8 Å². The van der Waals surface area contributed by atoms with Gasteiger partial charge in [-0.15, -0.1) is 0 Å². The fourth-order valence-electron chi connectivity index (χ4n) is 3.18. The molecule has 1 heterocycles. The first-order valence-corrected chi connectivity index (χ1v) is 9.27. The molecule has 2 aliphatic rings. The van der Waals surface area contributed by atoms with Gasteiger partial charge in [0.2, 0.25) is 0 Å².